The van der Waals surface area contributed by atoms with E-state index in [0.717, 1.165) is 55.6 Å². The summed E-state index contributed by atoms with van der Waals surface area (Å²) >= 11 is 6.15. The molecule has 51 heavy (non-hydrogen) atoms. The van der Waals surface area contributed by atoms with Crippen LogP contribution in [0.1, 0.15) is 71.2 Å². The SMILES string of the molecule is Cc1nc2cc(Cc3ccc(F)cc3)cc(-c3cccc(Cl)c3)c2o1.Cc1nc2cc(Cc3ccc(F)cc3)cc(C3CCC(F)(F)CC3)c2o1. The van der Waals surface area contributed by atoms with Gasteiger partial charge in [-0.05, 0) is 114 Å². The third-order valence-corrected chi connectivity index (χ3v) is 9.51. The summed E-state index contributed by atoms with van der Waals surface area (Å²) in [5, 5.41) is 0.672. The van der Waals surface area contributed by atoms with Gasteiger partial charge in [-0.25, -0.2) is 27.5 Å². The number of hydrogen-bond donors (Lipinski definition) is 0. The van der Waals surface area contributed by atoms with E-state index in [-0.39, 0.29) is 30.4 Å². The topological polar surface area (TPSA) is 52.1 Å². The highest BCUT2D eigenvalue weighted by Crippen LogP contribution is 2.43. The van der Waals surface area contributed by atoms with Gasteiger partial charge in [-0.3, -0.25) is 0 Å². The quantitative estimate of drug-likeness (QED) is 0.161. The Kier molecular flexibility index (Phi) is 9.71. The van der Waals surface area contributed by atoms with Crippen LogP contribution in [0.15, 0.2) is 106 Å². The van der Waals surface area contributed by atoms with Crippen molar-refractivity contribution in [1.82, 2.24) is 9.97 Å². The number of aromatic nitrogens is 2. The van der Waals surface area contributed by atoms with E-state index in [0.29, 0.717) is 48.1 Å². The van der Waals surface area contributed by atoms with Crippen LogP contribution < -0.4 is 0 Å². The number of halogens is 5. The van der Waals surface area contributed by atoms with Gasteiger partial charge in [0.05, 0.1) is 0 Å². The van der Waals surface area contributed by atoms with Crippen LogP contribution in [0.3, 0.4) is 0 Å². The van der Waals surface area contributed by atoms with Crippen LogP contribution in [0.5, 0.6) is 0 Å². The summed E-state index contributed by atoms with van der Waals surface area (Å²) in [5.74, 6) is -1.80. The molecular weight excluding hydrogens is 676 g/mol. The van der Waals surface area contributed by atoms with Crippen molar-refractivity contribution in [3.05, 3.63) is 153 Å². The molecule has 0 radical (unpaired) electrons. The highest BCUT2D eigenvalue weighted by molar-refractivity contribution is 6.30. The number of alkyl halides is 2. The maximum atomic E-state index is 13.5. The number of fused-ring (bicyclic) bond motifs is 2. The van der Waals surface area contributed by atoms with Gasteiger partial charge in [0.15, 0.2) is 22.9 Å². The first-order valence-corrected chi connectivity index (χ1v) is 17.3. The number of hydrogen-bond acceptors (Lipinski definition) is 4. The van der Waals surface area contributed by atoms with Crippen LogP contribution >= 0.6 is 11.6 Å². The normalized spacial score (nSPS) is 14.5. The van der Waals surface area contributed by atoms with Gasteiger partial charge in [0.2, 0.25) is 5.92 Å². The summed E-state index contributed by atoms with van der Waals surface area (Å²) in [6.45, 7) is 3.62. The zero-order chi connectivity index (χ0) is 35.7. The molecule has 1 aliphatic carbocycles. The van der Waals surface area contributed by atoms with Crippen molar-refractivity contribution in [2.45, 2.75) is 64.2 Å². The van der Waals surface area contributed by atoms with Gasteiger partial charge in [0.25, 0.3) is 0 Å². The molecule has 2 heterocycles. The van der Waals surface area contributed by atoms with Gasteiger partial charge < -0.3 is 8.83 Å². The molecule has 0 unspecified atom stereocenters. The van der Waals surface area contributed by atoms with E-state index in [1.54, 1.807) is 31.2 Å². The summed E-state index contributed by atoms with van der Waals surface area (Å²) in [7, 11) is 0. The number of rotatable bonds is 6. The molecule has 5 aromatic carbocycles. The van der Waals surface area contributed by atoms with E-state index in [2.05, 4.69) is 16.0 Å². The van der Waals surface area contributed by atoms with Crippen LogP contribution in [0.25, 0.3) is 33.3 Å². The second-order valence-electron chi connectivity index (χ2n) is 13.2. The van der Waals surface area contributed by atoms with Gasteiger partial charge in [-0.1, -0.05) is 54.1 Å². The van der Waals surface area contributed by atoms with E-state index in [1.165, 1.54) is 24.3 Å². The summed E-state index contributed by atoms with van der Waals surface area (Å²) in [5.41, 5.74) is 10.1. The first-order valence-electron chi connectivity index (χ1n) is 16.9. The van der Waals surface area contributed by atoms with Crippen LogP contribution in [0.4, 0.5) is 17.6 Å². The Labute approximate surface area is 298 Å². The molecule has 2 aromatic heterocycles. The molecular formula is C42H35ClF4N2O2. The Bertz CT molecular complexity index is 2300. The molecule has 7 aromatic rings. The van der Waals surface area contributed by atoms with Gasteiger partial charge in [0, 0.05) is 42.8 Å². The molecule has 4 nitrogen and oxygen atoms in total. The van der Waals surface area contributed by atoms with Crippen molar-refractivity contribution in [2.24, 2.45) is 0 Å². The van der Waals surface area contributed by atoms with Crippen molar-refractivity contribution in [1.29, 1.82) is 0 Å². The van der Waals surface area contributed by atoms with E-state index in [1.807, 2.05) is 49.4 Å². The number of nitrogens with zero attached hydrogens (tertiary/aromatic N) is 2. The average molecular weight is 711 g/mol. The first kappa shape index (κ1) is 34.5. The zero-order valence-corrected chi connectivity index (χ0v) is 28.9. The smallest absolute Gasteiger partial charge is 0.248 e. The van der Waals surface area contributed by atoms with Gasteiger partial charge >= 0.3 is 0 Å². The summed E-state index contributed by atoms with van der Waals surface area (Å²) in [6, 6.07) is 28.7. The molecule has 8 rings (SSSR count). The van der Waals surface area contributed by atoms with Gasteiger partial charge in [-0.2, -0.15) is 0 Å². The minimum Gasteiger partial charge on any atom is -0.441 e. The molecule has 0 bridgehead atoms. The fourth-order valence-electron chi connectivity index (χ4n) is 6.84. The zero-order valence-electron chi connectivity index (χ0n) is 28.2. The maximum absolute atomic E-state index is 13.5. The fourth-order valence-corrected chi connectivity index (χ4v) is 7.03. The predicted molar refractivity (Wildman–Crippen MR) is 193 cm³/mol. The minimum absolute atomic E-state index is 0.0534. The van der Waals surface area contributed by atoms with Crippen molar-refractivity contribution < 1.29 is 26.4 Å². The van der Waals surface area contributed by atoms with E-state index in [9.17, 15) is 17.6 Å². The first-order chi connectivity index (χ1) is 24.5. The molecule has 1 saturated carbocycles. The number of benzene rings is 5. The van der Waals surface area contributed by atoms with Crippen molar-refractivity contribution in [3.63, 3.8) is 0 Å². The standard InChI is InChI=1S/C21H15ClFNO.C21H20F3NO/c1-13-24-20-11-15(9-14-5-7-18(23)8-6-14)10-19(21(20)25-13)16-3-2-4-17(22)12-16;1-13-25-19-12-15(10-14-2-4-17(22)5-3-14)11-18(20(19)26-13)16-6-8-21(23,24)9-7-16/h2-8,10-12H,9H2,1H3;2-5,11-12,16H,6-10H2,1H3. The average Bonchev–Trinajstić information content (AvgIpc) is 3.67. The molecule has 0 spiro atoms. The van der Waals surface area contributed by atoms with Gasteiger partial charge in [-0.15, -0.1) is 0 Å². The molecule has 0 atom stereocenters. The monoisotopic (exact) mass is 710 g/mol. The van der Waals surface area contributed by atoms with Crippen LogP contribution in [-0.2, 0) is 12.8 Å². The summed E-state index contributed by atoms with van der Waals surface area (Å²) < 4.78 is 64.9. The second-order valence-corrected chi connectivity index (χ2v) is 13.7. The molecule has 260 valence electrons. The Morgan fingerprint density at radius 3 is 1.76 bits per heavy atom. The highest BCUT2D eigenvalue weighted by atomic mass is 35.5. The Morgan fingerprint density at radius 1 is 0.667 bits per heavy atom. The van der Waals surface area contributed by atoms with Crippen molar-refractivity contribution in [2.75, 3.05) is 0 Å². The van der Waals surface area contributed by atoms with Crippen molar-refractivity contribution >= 4 is 33.8 Å². The Balaban J connectivity index is 0.000000159. The molecule has 0 saturated heterocycles. The van der Waals surface area contributed by atoms with Crippen LogP contribution in [0, 0.1) is 25.5 Å². The minimum atomic E-state index is -2.56. The predicted octanol–water partition coefficient (Wildman–Crippen LogP) is 12.3. The van der Waals surface area contributed by atoms with Crippen LogP contribution in [0.2, 0.25) is 5.02 Å². The highest BCUT2D eigenvalue weighted by Gasteiger charge is 2.36. The third kappa shape index (κ3) is 8.18. The van der Waals surface area contributed by atoms with Crippen molar-refractivity contribution in [3.8, 4) is 11.1 Å². The van der Waals surface area contributed by atoms with E-state index in [4.69, 9.17) is 20.4 Å². The Hall–Kier alpha value is -4.95. The van der Waals surface area contributed by atoms with E-state index >= 15 is 0 Å². The lowest BCUT2D eigenvalue weighted by molar-refractivity contribution is -0.0381. The lowest BCUT2D eigenvalue weighted by Crippen LogP contribution is -2.23. The van der Waals surface area contributed by atoms with Crippen LogP contribution in [-0.4, -0.2) is 15.9 Å². The Morgan fingerprint density at radius 2 is 1.20 bits per heavy atom. The lowest BCUT2D eigenvalue weighted by atomic mass is 9.81. The fraction of sp³-hybridized carbons (Fsp3) is 0.238. The van der Waals surface area contributed by atoms with Gasteiger partial charge in [0.1, 0.15) is 22.7 Å². The second kappa shape index (κ2) is 14.3. The lowest BCUT2D eigenvalue weighted by Gasteiger charge is -2.28. The molecule has 0 amide bonds. The molecule has 9 heteroatoms. The largest absolute Gasteiger partial charge is 0.441 e. The number of oxazole rings is 2. The molecule has 1 fully saturated rings. The maximum Gasteiger partial charge on any atom is 0.248 e. The third-order valence-electron chi connectivity index (χ3n) is 9.28. The molecule has 0 aliphatic heterocycles. The summed E-state index contributed by atoms with van der Waals surface area (Å²) in [6.07, 6.45) is 2.04. The number of aryl methyl sites for hydroxylation is 2. The van der Waals surface area contributed by atoms with E-state index < -0.39 is 5.92 Å². The molecule has 1 aliphatic rings. The molecule has 0 N–H and O–H groups in total. The summed E-state index contributed by atoms with van der Waals surface area (Å²) in [4.78, 5) is 8.92.